The molecule has 0 bridgehead atoms. The average Bonchev–Trinajstić information content (AvgIpc) is 2.04. The van der Waals surface area contributed by atoms with Crippen molar-refractivity contribution >= 4 is 17.1 Å². The van der Waals surface area contributed by atoms with Gasteiger partial charge in [-0.05, 0) is 0 Å². The van der Waals surface area contributed by atoms with Crippen LogP contribution < -0.4 is 5.73 Å². The highest BCUT2D eigenvalue weighted by molar-refractivity contribution is 7.90. The Bertz CT molecular complexity index is 285. The quantitative estimate of drug-likeness (QED) is 0.487. The van der Waals surface area contributed by atoms with Gasteiger partial charge >= 0.3 is 5.16 Å². The van der Waals surface area contributed by atoms with E-state index in [4.69, 9.17) is 5.73 Å². The molecule has 1 heterocycles. The van der Waals surface area contributed by atoms with Gasteiger partial charge in [-0.1, -0.05) is 0 Å². The van der Waals surface area contributed by atoms with Crippen molar-refractivity contribution in [2.24, 2.45) is 5.73 Å². The summed E-state index contributed by atoms with van der Waals surface area (Å²) in [5.41, 5.74) is 5.16. The van der Waals surface area contributed by atoms with Gasteiger partial charge in [-0.2, -0.15) is 9.97 Å². The maximum absolute atomic E-state index is 10.8. The van der Waals surface area contributed by atoms with Crippen molar-refractivity contribution in [1.82, 2.24) is 9.97 Å². The van der Waals surface area contributed by atoms with Crippen LogP contribution in [0.1, 0.15) is 10.4 Å². The Morgan fingerprint density at radius 1 is 1.58 bits per heavy atom. The van der Waals surface area contributed by atoms with Gasteiger partial charge in [0.2, 0.25) is 0 Å². The summed E-state index contributed by atoms with van der Waals surface area (Å²) in [6, 6.07) is 0. The maximum Gasteiger partial charge on any atom is 0.342 e. The molecule has 1 aromatic heterocycles. The first-order valence-corrected chi connectivity index (χ1v) is 4.62. The van der Waals surface area contributed by atoms with E-state index in [1.54, 1.807) is 0 Å². The van der Waals surface area contributed by atoms with Gasteiger partial charge < -0.3 is 10.3 Å². The fraction of sp³-hybridized carbons (Fsp3) is 0.167. The zero-order valence-corrected chi connectivity index (χ0v) is 7.17. The molecule has 2 N–H and O–H groups in total. The largest absolute Gasteiger partial charge is 0.609 e. The average molecular weight is 185 g/mol. The summed E-state index contributed by atoms with van der Waals surface area (Å²) in [7, 11) is 0. The van der Waals surface area contributed by atoms with Crippen molar-refractivity contribution < 1.29 is 9.35 Å². The first kappa shape index (κ1) is 8.95. The molecule has 0 spiro atoms. The highest BCUT2D eigenvalue weighted by Gasteiger charge is 2.08. The number of aromatic nitrogens is 2. The lowest BCUT2D eigenvalue weighted by atomic mass is 10.3. The Hall–Kier alpha value is -1.14. The lowest BCUT2D eigenvalue weighted by Crippen LogP contribution is -2.13. The SMILES string of the molecule is C[S+]([O-])c1ncc(C(N)=O)cn1. The Morgan fingerprint density at radius 2 is 2.08 bits per heavy atom. The van der Waals surface area contributed by atoms with Crippen LogP contribution in [0.3, 0.4) is 0 Å². The number of amides is 1. The number of carbonyl (C=O) groups excluding carboxylic acids is 1. The van der Waals surface area contributed by atoms with Crippen molar-refractivity contribution in [3.8, 4) is 0 Å². The Labute approximate surface area is 72.2 Å². The van der Waals surface area contributed by atoms with Crippen LogP contribution in [0.15, 0.2) is 17.6 Å². The van der Waals surface area contributed by atoms with Crippen LogP contribution in [-0.2, 0) is 11.2 Å². The van der Waals surface area contributed by atoms with Crippen molar-refractivity contribution in [2.45, 2.75) is 5.16 Å². The maximum atomic E-state index is 10.8. The van der Waals surface area contributed by atoms with E-state index in [9.17, 15) is 9.35 Å². The molecule has 5 nitrogen and oxygen atoms in total. The van der Waals surface area contributed by atoms with Crippen molar-refractivity contribution in [3.63, 3.8) is 0 Å². The molecule has 0 radical (unpaired) electrons. The molecule has 1 rings (SSSR count). The van der Waals surface area contributed by atoms with Crippen LogP contribution in [0.5, 0.6) is 0 Å². The summed E-state index contributed by atoms with van der Waals surface area (Å²) in [6.07, 6.45) is 3.97. The van der Waals surface area contributed by atoms with Crippen molar-refractivity contribution in [3.05, 3.63) is 18.0 Å². The molecular weight excluding hydrogens is 178 g/mol. The summed E-state index contributed by atoms with van der Waals surface area (Å²) < 4.78 is 10.8. The summed E-state index contributed by atoms with van der Waals surface area (Å²) in [4.78, 5) is 17.9. The number of hydrogen-bond donors (Lipinski definition) is 1. The standard InChI is InChI=1S/C6H7N3O2S/c1-12(11)6-8-2-4(3-9-6)5(7)10/h2-3H,1H3,(H2,7,10). The summed E-state index contributed by atoms with van der Waals surface area (Å²) in [5, 5.41) is 0.194. The molecule has 0 fully saturated rings. The number of nitrogens with two attached hydrogens (primary N) is 1. The van der Waals surface area contributed by atoms with Gasteiger partial charge in [-0.3, -0.25) is 4.79 Å². The van der Waals surface area contributed by atoms with Gasteiger partial charge in [0.15, 0.2) is 0 Å². The second kappa shape index (κ2) is 3.51. The molecule has 0 saturated carbocycles. The molecule has 0 aliphatic heterocycles. The third-order valence-corrected chi connectivity index (χ3v) is 1.89. The molecule has 64 valence electrons. The molecule has 0 aliphatic carbocycles. The number of rotatable bonds is 2. The highest BCUT2D eigenvalue weighted by atomic mass is 32.2. The third-order valence-electron chi connectivity index (χ3n) is 1.17. The van der Waals surface area contributed by atoms with E-state index in [1.165, 1.54) is 18.6 Å². The Balaban J connectivity index is 2.93. The number of primary amides is 1. The van der Waals surface area contributed by atoms with Crippen molar-refractivity contribution in [1.29, 1.82) is 0 Å². The third kappa shape index (κ3) is 1.93. The lowest BCUT2D eigenvalue weighted by Gasteiger charge is -2.00. The van der Waals surface area contributed by atoms with Crippen molar-refractivity contribution in [2.75, 3.05) is 6.26 Å². The number of carbonyl (C=O) groups is 1. The number of nitrogens with zero attached hydrogens (tertiary/aromatic N) is 2. The minimum absolute atomic E-state index is 0.194. The molecular formula is C6H7N3O2S. The van der Waals surface area contributed by atoms with Crippen LogP contribution in [-0.4, -0.2) is 26.7 Å². The molecule has 12 heavy (non-hydrogen) atoms. The number of hydrogen-bond acceptors (Lipinski definition) is 4. The monoisotopic (exact) mass is 185 g/mol. The molecule has 6 heteroatoms. The minimum Gasteiger partial charge on any atom is -0.609 e. The summed E-state index contributed by atoms with van der Waals surface area (Å²) >= 11 is -1.22. The highest BCUT2D eigenvalue weighted by Crippen LogP contribution is 2.00. The van der Waals surface area contributed by atoms with Crippen LogP contribution in [0, 0.1) is 0 Å². The zero-order chi connectivity index (χ0) is 9.14. The fourth-order valence-electron chi connectivity index (χ4n) is 0.592. The predicted molar refractivity (Wildman–Crippen MR) is 42.9 cm³/mol. The van der Waals surface area contributed by atoms with Gasteiger partial charge in [-0.15, -0.1) is 0 Å². The topological polar surface area (TPSA) is 91.9 Å². The molecule has 0 aliphatic rings. The molecule has 0 aromatic carbocycles. The smallest absolute Gasteiger partial charge is 0.342 e. The molecule has 1 amide bonds. The van der Waals surface area contributed by atoms with E-state index in [2.05, 4.69) is 9.97 Å². The van der Waals surface area contributed by atoms with E-state index in [1.807, 2.05) is 0 Å². The summed E-state index contributed by atoms with van der Waals surface area (Å²) in [5.74, 6) is -0.594. The van der Waals surface area contributed by atoms with E-state index >= 15 is 0 Å². The Morgan fingerprint density at radius 3 is 2.42 bits per heavy atom. The van der Waals surface area contributed by atoms with Gasteiger partial charge in [0.1, 0.15) is 6.26 Å². The lowest BCUT2D eigenvalue weighted by molar-refractivity contribution is 0.0999. The van der Waals surface area contributed by atoms with Gasteiger partial charge in [0.05, 0.1) is 5.56 Å². The van der Waals surface area contributed by atoms with Gasteiger partial charge in [-0.25, -0.2) is 0 Å². The normalized spacial score (nSPS) is 12.5. The summed E-state index contributed by atoms with van der Waals surface area (Å²) in [6.45, 7) is 0. The van der Waals surface area contributed by atoms with E-state index in [-0.39, 0.29) is 10.7 Å². The first-order chi connectivity index (χ1) is 5.61. The van der Waals surface area contributed by atoms with Crippen LogP contribution in [0.2, 0.25) is 0 Å². The first-order valence-electron chi connectivity index (χ1n) is 3.06. The fourth-order valence-corrected chi connectivity index (χ4v) is 0.994. The Kier molecular flexibility index (Phi) is 2.61. The van der Waals surface area contributed by atoms with E-state index in [0.29, 0.717) is 0 Å². The van der Waals surface area contributed by atoms with Crippen LogP contribution in [0.25, 0.3) is 0 Å². The van der Waals surface area contributed by atoms with Crippen LogP contribution in [0.4, 0.5) is 0 Å². The van der Waals surface area contributed by atoms with Gasteiger partial charge in [0, 0.05) is 23.6 Å². The second-order valence-corrected chi connectivity index (χ2v) is 3.35. The van der Waals surface area contributed by atoms with E-state index in [0.717, 1.165) is 0 Å². The van der Waals surface area contributed by atoms with Gasteiger partial charge in [0.25, 0.3) is 5.91 Å². The van der Waals surface area contributed by atoms with Crippen LogP contribution >= 0.6 is 0 Å². The predicted octanol–water partition coefficient (Wildman–Crippen LogP) is -0.687. The van der Waals surface area contributed by atoms with E-state index < -0.39 is 17.1 Å². The molecule has 1 unspecified atom stereocenters. The second-order valence-electron chi connectivity index (χ2n) is 2.07. The zero-order valence-electron chi connectivity index (χ0n) is 6.35. The molecule has 1 aromatic rings. The molecule has 1 atom stereocenters. The molecule has 0 saturated heterocycles. The minimum atomic E-state index is -1.22.